The number of likely N-dealkylation sites (tertiary alicyclic amines) is 1. The zero-order valence-corrected chi connectivity index (χ0v) is 16.0. The third-order valence-electron chi connectivity index (χ3n) is 7.42. The Morgan fingerprint density at radius 2 is 1.78 bits per heavy atom. The summed E-state index contributed by atoms with van der Waals surface area (Å²) in [6.07, 6.45) is 10.4. The molecule has 0 unspecified atom stereocenters. The Morgan fingerprint density at radius 1 is 1.04 bits per heavy atom. The van der Waals surface area contributed by atoms with Gasteiger partial charge in [-0.2, -0.15) is 5.10 Å². The van der Waals surface area contributed by atoms with Crippen LogP contribution >= 0.6 is 0 Å². The summed E-state index contributed by atoms with van der Waals surface area (Å²) in [6, 6.07) is 2.66. The van der Waals surface area contributed by atoms with Crippen molar-refractivity contribution >= 4 is 0 Å². The predicted octanol–water partition coefficient (Wildman–Crippen LogP) is 4.14. The molecule has 4 fully saturated rings. The molecule has 150 valence electrons. The van der Waals surface area contributed by atoms with Crippen molar-refractivity contribution in [2.75, 3.05) is 19.7 Å². The molecule has 0 spiro atoms. The lowest BCUT2D eigenvalue weighted by molar-refractivity contribution is -0.0521. The fourth-order valence-electron chi connectivity index (χ4n) is 5.59. The van der Waals surface area contributed by atoms with E-state index in [-0.39, 0.29) is 18.9 Å². The Hall–Kier alpha value is -1.01. The van der Waals surface area contributed by atoms with Crippen LogP contribution in [0, 0.1) is 17.8 Å². The molecule has 5 rings (SSSR count). The van der Waals surface area contributed by atoms with Crippen molar-refractivity contribution in [2.45, 2.75) is 75.5 Å². The second-order valence-corrected chi connectivity index (χ2v) is 9.40. The van der Waals surface area contributed by atoms with Gasteiger partial charge in [-0.3, -0.25) is 9.58 Å². The molecule has 1 saturated heterocycles. The minimum absolute atomic E-state index is 0.0620. The van der Waals surface area contributed by atoms with Gasteiger partial charge >= 0.3 is 0 Å². The molecule has 3 aliphatic carbocycles. The predicted molar refractivity (Wildman–Crippen MR) is 98.7 cm³/mol. The van der Waals surface area contributed by atoms with Crippen LogP contribution in [0.15, 0.2) is 18.5 Å². The molecule has 4 nitrogen and oxygen atoms in total. The highest BCUT2D eigenvalue weighted by atomic mass is 19.3. The Labute approximate surface area is 160 Å². The first kappa shape index (κ1) is 18.0. The van der Waals surface area contributed by atoms with E-state index in [1.165, 1.54) is 12.8 Å². The fraction of sp³-hybridized carbons (Fsp3) is 0.857. The van der Waals surface area contributed by atoms with Crippen LogP contribution in [0.1, 0.15) is 57.4 Å². The van der Waals surface area contributed by atoms with E-state index in [1.807, 2.05) is 12.3 Å². The molecule has 1 aromatic heterocycles. The zero-order valence-electron chi connectivity index (χ0n) is 16.0. The largest absolute Gasteiger partial charge is 0.376 e. The highest BCUT2D eigenvalue weighted by Crippen LogP contribution is 2.45. The molecule has 0 aromatic carbocycles. The smallest absolute Gasteiger partial charge is 0.248 e. The lowest BCUT2D eigenvalue weighted by Crippen LogP contribution is -2.39. The van der Waals surface area contributed by atoms with Crippen molar-refractivity contribution in [2.24, 2.45) is 17.8 Å². The summed E-state index contributed by atoms with van der Waals surface area (Å²) in [5.41, 5.74) is 0. The number of aromatic nitrogens is 2. The van der Waals surface area contributed by atoms with Crippen LogP contribution in [0.25, 0.3) is 0 Å². The average molecular weight is 379 g/mol. The highest BCUT2D eigenvalue weighted by Gasteiger charge is 2.46. The lowest BCUT2D eigenvalue weighted by atomic mass is 9.77. The molecule has 0 radical (unpaired) electrons. The lowest BCUT2D eigenvalue weighted by Gasteiger charge is -2.38. The van der Waals surface area contributed by atoms with E-state index >= 15 is 0 Å². The van der Waals surface area contributed by atoms with Crippen LogP contribution in [0.2, 0.25) is 0 Å². The maximum absolute atomic E-state index is 13.5. The second kappa shape index (κ2) is 7.11. The summed E-state index contributed by atoms with van der Waals surface area (Å²) in [4.78, 5) is 2.52. The third-order valence-corrected chi connectivity index (χ3v) is 7.42. The van der Waals surface area contributed by atoms with Crippen molar-refractivity contribution in [1.82, 2.24) is 14.7 Å². The standard InChI is InChI=1S/C21H31F2N3O/c22-21(23)6-4-18(5-7-21)25-12-16-10-19(26-9-1-8-24-26)20(11-17(16)13-25)27-14-15-2-3-15/h1,8-9,15-20H,2-7,10-14H2/t16-,17+,19-,20-/m0/s1. The van der Waals surface area contributed by atoms with Gasteiger partial charge in [0.25, 0.3) is 0 Å². The van der Waals surface area contributed by atoms with Crippen LogP contribution in [0.5, 0.6) is 0 Å². The van der Waals surface area contributed by atoms with Crippen LogP contribution < -0.4 is 0 Å². The van der Waals surface area contributed by atoms with E-state index in [9.17, 15) is 8.78 Å². The first-order valence-corrected chi connectivity index (χ1v) is 10.8. The molecule has 0 amide bonds. The van der Waals surface area contributed by atoms with E-state index in [0.29, 0.717) is 36.8 Å². The second-order valence-electron chi connectivity index (χ2n) is 9.40. The van der Waals surface area contributed by atoms with Crippen LogP contribution in [-0.2, 0) is 4.74 Å². The number of rotatable bonds is 5. The number of alkyl halides is 2. The Bertz CT molecular complexity index is 623. The number of hydrogen-bond acceptors (Lipinski definition) is 3. The summed E-state index contributed by atoms with van der Waals surface area (Å²) in [5.74, 6) is -0.383. The minimum Gasteiger partial charge on any atom is -0.376 e. The summed E-state index contributed by atoms with van der Waals surface area (Å²) >= 11 is 0. The first-order chi connectivity index (χ1) is 13.1. The maximum Gasteiger partial charge on any atom is 0.248 e. The van der Waals surface area contributed by atoms with Crippen molar-refractivity contribution in [3.63, 3.8) is 0 Å². The van der Waals surface area contributed by atoms with Crippen molar-refractivity contribution < 1.29 is 13.5 Å². The average Bonchev–Trinajstić information content (AvgIpc) is 3.15. The van der Waals surface area contributed by atoms with Gasteiger partial charge in [-0.15, -0.1) is 0 Å². The van der Waals surface area contributed by atoms with Gasteiger partial charge in [0.05, 0.1) is 12.1 Å². The van der Waals surface area contributed by atoms with Crippen molar-refractivity contribution in [3.05, 3.63) is 18.5 Å². The van der Waals surface area contributed by atoms with E-state index in [2.05, 4.69) is 20.9 Å². The molecule has 1 aliphatic heterocycles. The Balaban J connectivity index is 1.25. The normalized spacial score (nSPS) is 37.4. The summed E-state index contributed by atoms with van der Waals surface area (Å²) in [6.45, 7) is 3.02. The van der Waals surface area contributed by atoms with Gasteiger partial charge in [0.2, 0.25) is 5.92 Å². The SMILES string of the molecule is FC1(F)CCC(N2C[C@H]3C[C@H](OCC4CC4)[C@@H](n4cccn4)C[C@H]3C2)CC1. The maximum atomic E-state index is 13.5. The molecule has 0 N–H and O–H groups in total. The minimum atomic E-state index is -2.43. The molecule has 6 heteroatoms. The van der Waals surface area contributed by atoms with Gasteiger partial charge in [-0.05, 0) is 62.3 Å². The molecule has 3 saturated carbocycles. The monoisotopic (exact) mass is 379 g/mol. The Kier molecular flexibility index (Phi) is 4.75. The van der Waals surface area contributed by atoms with Crippen molar-refractivity contribution in [3.8, 4) is 0 Å². The van der Waals surface area contributed by atoms with Crippen LogP contribution in [0.3, 0.4) is 0 Å². The van der Waals surface area contributed by atoms with E-state index in [1.54, 1.807) is 0 Å². The Morgan fingerprint density at radius 3 is 2.44 bits per heavy atom. The summed E-state index contributed by atoms with van der Waals surface area (Å²) < 4.78 is 35.5. The van der Waals surface area contributed by atoms with Crippen molar-refractivity contribution in [1.29, 1.82) is 0 Å². The molecule has 2 heterocycles. The summed E-state index contributed by atoms with van der Waals surface area (Å²) in [7, 11) is 0. The number of nitrogens with zero attached hydrogens (tertiary/aromatic N) is 3. The number of halogens is 2. The van der Waals surface area contributed by atoms with Gasteiger partial charge in [0, 0.05) is 51.0 Å². The highest BCUT2D eigenvalue weighted by molar-refractivity contribution is 4.99. The van der Waals surface area contributed by atoms with Crippen LogP contribution in [-0.4, -0.2) is 52.4 Å². The number of ether oxygens (including phenoxy) is 1. The van der Waals surface area contributed by atoms with E-state index in [4.69, 9.17) is 4.74 Å². The molecular formula is C21H31F2N3O. The van der Waals surface area contributed by atoms with Crippen LogP contribution in [0.4, 0.5) is 8.78 Å². The number of fused-ring (bicyclic) bond motifs is 1. The molecule has 0 bridgehead atoms. The van der Waals surface area contributed by atoms with Gasteiger partial charge in [0.1, 0.15) is 0 Å². The van der Waals surface area contributed by atoms with E-state index in [0.717, 1.165) is 38.5 Å². The van der Waals surface area contributed by atoms with E-state index < -0.39 is 5.92 Å². The van der Waals surface area contributed by atoms with Gasteiger partial charge in [-0.25, -0.2) is 8.78 Å². The molecule has 4 atom stereocenters. The molecule has 1 aromatic rings. The quantitative estimate of drug-likeness (QED) is 0.770. The molecule has 4 aliphatic rings. The fourth-order valence-corrected chi connectivity index (χ4v) is 5.59. The zero-order chi connectivity index (χ0) is 18.4. The third kappa shape index (κ3) is 3.93. The molecular weight excluding hydrogens is 348 g/mol. The molecule has 27 heavy (non-hydrogen) atoms. The summed E-state index contributed by atoms with van der Waals surface area (Å²) in [5, 5.41) is 4.51. The number of hydrogen-bond donors (Lipinski definition) is 0. The van der Waals surface area contributed by atoms with Gasteiger partial charge in [0.15, 0.2) is 0 Å². The van der Waals surface area contributed by atoms with Gasteiger partial charge in [-0.1, -0.05) is 0 Å². The van der Waals surface area contributed by atoms with Gasteiger partial charge < -0.3 is 4.74 Å². The topological polar surface area (TPSA) is 30.3 Å². The first-order valence-electron chi connectivity index (χ1n) is 10.8.